The van der Waals surface area contributed by atoms with Gasteiger partial charge < -0.3 is 9.53 Å². The molecular formula is C10H18O2. The van der Waals surface area contributed by atoms with E-state index in [1.807, 2.05) is 0 Å². The van der Waals surface area contributed by atoms with Crippen LogP contribution in [0.1, 0.15) is 45.4 Å². The van der Waals surface area contributed by atoms with E-state index in [9.17, 15) is 4.79 Å². The quantitative estimate of drug-likeness (QED) is 0.333. The highest BCUT2D eigenvalue weighted by molar-refractivity contribution is 5.60. The fourth-order valence-electron chi connectivity index (χ4n) is 1.46. The Morgan fingerprint density at radius 3 is 2.58 bits per heavy atom. The van der Waals surface area contributed by atoms with Crippen LogP contribution in [0.25, 0.3) is 0 Å². The summed E-state index contributed by atoms with van der Waals surface area (Å²) in [5, 5.41) is 0. The van der Waals surface area contributed by atoms with Crippen LogP contribution in [-0.4, -0.2) is 18.5 Å². The fourth-order valence-corrected chi connectivity index (χ4v) is 1.46. The molecule has 2 heteroatoms. The van der Waals surface area contributed by atoms with Crippen LogP contribution in [-0.2, 0) is 9.53 Å². The van der Waals surface area contributed by atoms with Gasteiger partial charge in [-0.15, -0.1) is 0 Å². The van der Waals surface area contributed by atoms with E-state index in [4.69, 9.17) is 4.74 Å². The lowest BCUT2D eigenvalue weighted by atomic mass is 10.1. The molecule has 0 aromatic heterocycles. The molecule has 0 amide bonds. The van der Waals surface area contributed by atoms with Crippen LogP contribution in [0.2, 0.25) is 0 Å². The van der Waals surface area contributed by atoms with Gasteiger partial charge in [0.1, 0.15) is 6.10 Å². The van der Waals surface area contributed by atoms with Crippen molar-refractivity contribution in [3.63, 3.8) is 0 Å². The first-order valence-electron chi connectivity index (χ1n) is 4.99. The molecule has 1 heterocycles. The van der Waals surface area contributed by atoms with Crippen molar-refractivity contribution in [1.29, 1.82) is 0 Å². The maximum absolute atomic E-state index is 10.2. The van der Waals surface area contributed by atoms with Gasteiger partial charge in [0.25, 0.3) is 0 Å². The molecule has 2 atom stereocenters. The normalized spacial score (nSPS) is 27.1. The summed E-state index contributed by atoms with van der Waals surface area (Å²) in [6.07, 6.45) is 8.66. The van der Waals surface area contributed by atoms with Gasteiger partial charge in [0.2, 0.25) is 0 Å². The predicted molar refractivity (Wildman–Crippen MR) is 48.1 cm³/mol. The molecule has 0 bridgehead atoms. The van der Waals surface area contributed by atoms with E-state index in [0.717, 1.165) is 12.7 Å². The van der Waals surface area contributed by atoms with Gasteiger partial charge in [0.05, 0.1) is 6.10 Å². The van der Waals surface area contributed by atoms with Gasteiger partial charge in [-0.1, -0.05) is 39.0 Å². The van der Waals surface area contributed by atoms with Crippen molar-refractivity contribution in [2.75, 3.05) is 0 Å². The summed E-state index contributed by atoms with van der Waals surface area (Å²) in [5.41, 5.74) is 0. The van der Waals surface area contributed by atoms with Gasteiger partial charge in [-0.25, -0.2) is 0 Å². The molecule has 0 radical (unpaired) electrons. The molecule has 1 fully saturated rings. The first-order chi connectivity index (χ1) is 5.88. The maximum atomic E-state index is 10.2. The highest BCUT2D eigenvalue weighted by Gasteiger charge is 2.37. The molecule has 1 aliphatic rings. The molecule has 0 N–H and O–H groups in total. The second-order valence-corrected chi connectivity index (χ2v) is 3.48. The van der Waals surface area contributed by atoms with Crippen LogP contribution in [0.5, 0.6) is 0 Å². The summed E-state index contributed by atoms with van der Waals surface area (Å²) in [4.78, 5) is 10.2. The van der Waals surface area contributed by atoms with Crippen LogP contribution in [0.4, 0.5) is 0 Å². The highest BCUT2D eigenvalue weighted by atomic mass is 16.6. The number of hydrogen-bond acceptors (Lipinski definition) is 2. The maximum Gasteiger partial charge on any atom is 0.151 e. The molecule has 0 spiro atoms. The first kappa shape index (κ1) is 9.72. The lowest BCUT2D eigenvalue weighted by molar-refractivity contribution is -0.108. The number of rotatable bonds is 7. The van der Waals surface area contributed by atoms with Crippen LogP contribution < -0.4 is 0 Å². The summed E-state index contributed by atoms with van der Waals surface area (Å²) in [6, 6.07) is 0. The Bertz CT molecular complexity index is 134. The highest BCUT2D eigenvalue weighted by Crippen LogP contribution is 2.25. The molecule has 2 unspecified atom stereocenters. The Kier molecular flexibility index (Phi) is 4.30. The summed E-state index contributed by atoms with van der Waals surface area (Å²) >= 11 is 0. The van der Waals surface area contributed by atoms with Crippen LogP contribution >= 0.6 is 0 Å². The molecule has 0 aliphatic carbocycles. The molecule has 0 aromatic rings. The second-order valence-electron chi connectivity index (χ2n) is 3.48. The number of ether oxygens (including phenoxy) is 1. The lowest BCUT2D eigenvalue weighted by Gasteiger charge is -1.96. The van der Waals surface area contributed by atoms with E-state index in [0.29, 0.717) is 0 Å². The van der Waals surface area contributed by atoms with Crippen LogP contribution in [0.15, 0.2) is 0 Å². The smallest absolute Gasteiger partial charge is 0.151 e. The summed E-state index contributed by atoms with van der Waals surface area (Å²) in [7, 11) is 0. The van der Waals surface area contributed by atoms with Gasteiger partial charge in [-0.05, 0) is 6.42 Å². The van der Waals surface area contributed by atoms with Crippen molar-refractivity contribution in [2.45, 2.75) is 57.7 Å². The molecule has 1 saturated heterocycles. The van der Waals surface area contributed by atoms with E-state index in [-0.39, 0.29) is 12.2 Å². The number of carbonyl (C=O) groups excluding carboxylic acids is 1. The molecule has 0 aromatic carbocycles. The largest absolute Gasteiger partial charge is 0.362 e. The standard InChI is InChI=1S/C10H18O2/c1-2-3-4-5-6-7-9-10(8-11)12-9/h8-10H,2-7H2,1H3. The molecular weight excluding hydrogens is 152 g/mol. The minimum atomic E-state index is -0.0591. The minimum Gasteiger partial charge on any atom is -0.362 e. The van der Waals surface area contributed by atoms with Gasteiger partial charge in [0.15, 0.2) is 6.29 Å². The van der Waals surface area contributed by atoms with Crippen LogP contribution in [0.3, 0.4) is 0 Å². The molecule has 2 nitrogen and oxygen atoms in total. The predicted octanol–water partition coefficient (Wildman–Crippen LogP) is 2.31. The Balaban J connectivity index is 1.81. The third kappa shape index (κ3) is 3.35. The van der Waals surface area contributed by atoms with Gasteiger partial charge in [0, 0.05) is 0 Å². The molecule has 1 rings (SSSR count). The van der Waals surface area contributed by atoms with Crippen LogP contribution in [0, 0.1) is 0 Å². The zero-order valence-corrected chi connectivity index (χ0v) is 7.79. The van der Waals surface area contributed by atoms with Crippen molar-refractivity contribution < 1.29 is 9.53 Å². The topological polar surface area (TPSA) is 29.6 Å². The SMILES string of the molecule is CCCCCCCC1OC1C=O. The van der Waals surface area contributed by atoms with Gasteiger partial charge in [-0.2, -0.15) is 0 Å². The molecule has 0 saturated carbocycles. The summed E-state index contributed by atoms with van der Waals surface area (Å²) in [5.74, 6) is 0. The first-order valence-corrected chi connectivity index (χ1v) is 4.99. The minimum absolute atomic E-state index is 0.0591. The van der Waals surface area contributed by atoms with E-state index in [1.165, 1.54) is 32.1 Å². The Labute approximate surface area is 74.3 Å². The molecule has 1 aliphatic heterocycles. The van der Waals surface area contributed by atoms with Crippen molar-refractivity contribution in [1.82, 2.24) is 0 Å². The third-order valence-electron chi connectivity index (χ3n) is 2.35. The van der Waals surface area contributed by atoms with Gasteiger partial charge >= 0.3 is 0 Å². The average molecular weight is 170 g/mol. The van der Waals surface area contributed by atoms with Gasteiger partial charge in [-0.3, -0.25) is 0 Å². The summed E-state index contributed by atoms with van der Waals surface area (Å²) < 4.78 is 5.10. The molecule has 12 heavy (non-hydrogen) atoms. The Morgan fingerprint density at radius 2 is 2.00 bits per heavy atom. The fraction of sp³-hybridized carbons (Fsp3) is 0.900. The van der Waals surface area contributed by atoms with E-state index >= 15 is 0 Å². The number of epoxide rings is 1. The van der Waals surface area contributed by atoms with Crippen molar-refractivity contribution in [3.05, 3.63) is 0 Å². The average Bonchev–Trinajstić information content (AvgIpc) is 2.83. The number of unbranched alkanes of at least 4 members (excludes halogenated alkanes) is 4. The zero-order valence-electron chi connectivity index (χ0n) is 7.79. The van der Waals surface area contributed by atoms with Crippen molar-refractivity contribution >= 4 is 6.29 Å². The third-order valence-corrected chi connectivity index (χ3v) is 2.35. The number of hydrogen-bond donors (Lipinski definition) is 0. The molecule has 70 valence electrons. The van der Waals surface area contributed by atoms with E-state index in [2.05, 4.69) is 6.92 Å². The van der Waals surface area contributed by atoms with Crippen molar-refractivity contribution in [2.24, 2.45) is 0 Å². The Morgan fingerprint density at radius 1 is 1.25 bits per heavy atom. The number of aldehydes is 1. The lowest BCUT2D eigenvalue weighted by Crippen LogP contribution is -1.94. The van der Waals surface area contributed by atoms with Crippen molar-refractivity contribution in [3.8, 4) is 0 Å². The van der Waals surface area contributed by atoms with E-state index < -0.39 is 0 Å². The summed E-state index contributed by atoms with van der Waals surface area (Å²) in [6.45, 7) is 2.21. The monoisotopic (exact) mass is 170 g/mol. The zero-order chi connectivity index (χ0) is 8.81. The second kappa shape index (κ2) is 5.31. The Hall–Kier alpha value is -0.370. The van der Waals surface area contributed by atoms with E-state index in [1.54, 1.807) is 0 Å². The number of carbonyl (C=O) groups is 1.